The van der Waals surface area contributed by atoms with Crippen molar-refractivity contribution in [3.05, 3.63) is 106 Å². The van der Waals surface area contributed by atoms with Crippen LogP contribution in [0.3, 0.4) is 0 Å². The molecule has 4 rings (SSSR count). The third kappa shape index (κ3) is 4.07. The number of benzene rings is 3. The van der Waals surface area contributed by atoms with E-state index in [9.17, 15) is 9.59 Å². The minimum Gasteiger partial charge on any atom is -0.496 e. The zero-order valence-corrected chi connectivity index (χ0v) is 16.5. The number of ether oxygens (including phenoxy) is 1. The third-order valence-corrected chi connectivity index (χ3v) is 4.93. The van der Waals surface area contributed by atoms with Crippen molar-refractivity contribution < 1.29 is 9.53 Å². The lowest BCUT2D eigenvalue weighted by Gasteiger charge is -2.10. The molecular formula is C24H21N3O3. The van der Waals surface area contributed by atoms with E-state index < -0.39 is 0 Å². The predicted molar refractivity (Wildman–Crippen MR) is 116 cm³/mol. The van der Waals surface area contributed by atoms with Gasteiger partial charge in [0.05, 0.1) is 30.9 Å². The standard InChI is InChI=1S/C24H21N3O3/c1-30-22-9-5-2-6-19(22)14-25-23(28)18-12-10-17(11-13-18)15-27-16-26-21-8-4-3-7-20(21)24(27)29/h2-13,16H,14-15H2,1H3,(H,25,28). The Bertz CT molecular complexity index is 1250. The molecule has 150 valence electrons. The van der Waals surface area contributed by atoms with Gasteiger partial charge in [0.25, 0.3) is 11.5 Å². The van der Waals surface area contributed by atoms with Gasteiger partial charge in [0, 0.05) is 17.7 Å². The normalized spacial score (nSPS) is 10.7. The van der Waals surface area contributed by atoms with Crippen molar-refractivity contribution in [3.63, 3.8) is 0 Å². The number of hydrogen-bond donors (Lipinski definition) is 1. The maximum absolute atomic E-state index is 12.6. The average molecular weight is 399 g/mol. The van der Waals surface area contributed by atoms with E-state index >= 15 is 0 Å². The number of carbonyl (C=O) groups is 1. The Labute approximate surface area is 173 Å². The monoisotopic (exact) mass is 399 g/mol. The summed E-state index contributed by atoms with van der Waals surface area (Å²) in [5.74, 6) is 0.569. The number of methoxy groups -OCH3 is 1. The molecule has 0 radical (unpaired) electrons. The summed E-state index contributed by atoms with van der Waals surface area (Å²) >= 11 is 0. The number of amides is 1. The molecular weight excluding hydrogens is 378 g/mol. The Balaban J connectivity index is 1.44. The Morgan fingerprint density at radius 3 is 2.53 bits per heavy atom. The molecule has 0 saturated carbocycles. The zero-order valence-electron chi connectivity index (χ0n) is 16.5. The summed E-state index contributed by atoms with van der Waals surface area (Å²) in [6.45, 7) is 0.766. The van der Waals surface area contributed by atoms with Gasteiger partial charge in [-0.05, 0) is 35.9 Å². The highest BCUT2D eigenvalue weighted by atomic mass is 16.5. The fourth-order valence-corrected chi connectivity index (χ4v) is 3.30. The molecule has 30 heavy (non-hydrogen) atoms. The van der Waals surface area contributed by atoms with Crippen LogP contribution < -0.4 is 15.6 Å². The molecule has 3 aromatic carbocycles. The number of nitrogens with one attached hydrogen (secondary N) is 1. The molecule has 1 N–H and O–H groups in total. The number of carbonyl (C=O) groups excluding carboxylic acids is 1. The maximum Gasteiger partial charge on any atom is 0.261 e. The number of fused-ring (bicyclic) bond motifs is 1. The molecule has 1 heterocycles. The van der Waals surface area contributed by atoms with E-state index in [4.69, 9.17) is 4.74 Å². The van der Waals surface area contributed by atoms with Gasteiger partial charge in [0.2, 0.25) is 0 Å². The number of rotatable bonds is 6. The Kier molecular flexibility index (Phi) is 5.57. The largest absolute Gasteiger partial charge is 0.496 e. The fraction of sp³-hybridized carbons (Fsp3) is 0.125. The molecule has 0 spiro atoms. The molecule has 0 saturated heterocycles. The van der Waals surface area contributed by atoms with Crippen LogP contribution in [-0.2, 0) is 13.1 Å². The minimum atomic E-state index is -0.169. The molecule has 0 unspecified atom stereocenters. The van der Waals surface area contributed by atoms with Gasteiger partial charge in [0.1, 0.15) is 5.75 Å². The smallest absolute Gasteiger partial charge is 0.261 e. The van der Waals surface area contributed by atoms with E-state index in [2.05, 4.69) is 10.3 Å². The fourth-order valence-electron chi connectivity index (χ4n) is 3.30. The van der Waals surface area contributed by atoms with E-state index in [1.54, 1.807) is 36.2 Å². The second-order valence-electron chi connectivity index (χ2n) is 6.89. The van der Waals surface area contributed by atoms with Crippen LogP contribution in [0.2, 0.25) is 0 Å². The van der Waals surface area contributed by atoms with Gasteiger partial charge < -0.3 is 10.1 Å². The summed E-state index contributed by atoms with van der Waals surface area (Å²) in [6, 6.07) is 22.1. The molecule has 0 aliphatic rings. The van der Waals surface area contributed by atoms with Gasteiger partial charge in [-0.1, -0.05) is 42.5 Å². The van der Waals surface area contributed by atoms with Gasteiger partial charge in [-0.25, -0.2) is 4.98 Å². The van der Waals surface area contributed by atoms with Gasteiger partial charge in [-0.15, -0.1) is 0 Å². The number of nitrogens with zero attached hydrogens (tertiary/aromatic N) is 2. The van der Waals surface area contributed by atoms with Crippen molar-refractivity contribution in [3.8, 4) is 5.75 Å². The SMILES string of the molecule is COc1ccccc1CNC(=O)c1ccc(Cn2cnc3ccccc3c2=O)cc1. The second-order valence-corrected chi connectivity index (χ2v) is 6.89. The molecule has 1 aromatic heterocycles. The molecule has 0 atom stereocenters. The zero-order chi connectivity index (χ0) is 20.9. The van der Waals surface area contributed by atoms with Crippen molar-refractivity contribution in [2.75, 3.05) is 7.11 Å². The molecule has 0 aliphatic carbocycles. The molecule has 0 aliphatic heterocycles. The maximum atomic E-state index is 12.6. The quantitative estimate of drug-likeness (QED) is 0.539. The molecule has 1 amide bonds. The molecule has 4 aromatic rings. The summed E-state index contributed by atoms with van der Waals surface area (Å²) in [5.41, 5.74) is 2.97. The van der Waals surface area contributed by atoms with Crippen LogP contribution in [0.1, 0.15) is 21.5 Å². The summed E-state index contributed by atoms with van der Waals surface area (Å²) in [7, 11) is 1.61. The number of para-hydroxylation sites is 2. The first kappa shape index (κ1) is 19.4. The minimum absolute atomic E-state index is 0.0840. The van der Waals surface area contributed by atoms with E-state index in [0.717, 1.165) is 16.9 Å². The second kappa shape index (κ2) is 8.61. The van der Waals surface area contributed by atoms with Crippen molar-refractivity contribution in [1.82, 2.24) is 14.9 Å². The summed E-state index contributed by atoms with van der Waals surface area (Å²) in [6.07, 6.45) is 1.55. The third-order valence-electron chi connectivity index (χ3n) is 4.93. The Morgan fingerprint density at radius 2 is 1.73 bits per heavy atom. The average Bonchev–Trinajstić information content (AvgIpc) is 2.80. The lowest BCUT2D eigenvalue weighted by molar-refractivity contribution is 0.0950. The van der Waals surface area contributed by atoms with Crippen LogP contribution in [0.25, 0.3) is 10.9 Å². The van der Waals surface area contributed by atoms with Crippen molar-refractivity contribution in [2.45, 2.75) is 13.1 Å². The molecule has 0 bridgehead atoms. The van der Waals surface area contributed by atoms with Crippen molar-refractivity contribution in [2.24, 2.45) is 0 Å². The first-order chi connectivity index (χ1) is 14.7. The first-order valence-corrected chi connectivity index (χ1v) is 9.59. The van der Waals surface area contributed by atoms with Crippen LogP contribution in [0.5, 0.6) is 5.75 Å². The van der Waals surface area contributed by atoms with Crippen LogP contribution in [0, 0.1) is 0 Å². The highest BCUT2D eigenvalue weighted by Gasteiger charge is 2.09. The van der Waals surface area contributed by atoms with E-state index in [1.165, 1.54) is 0 Å². The van der Waals surface area contributed by atoms with Crippen LogP contribution in [0.4, 0.5) is 0 Å². The van der Waals surface area contributed by atoms with E-state index in [1.807, 2.05) is 54.6 Å². The van der Waals surface area contributed by atoms with Gasteiger partial charge in [0.15, 0.2) is 0 Å². The summed E-state index contributed by atoms with van der Waals surface area (Å²) in [5, 5.41) is 3.49. The van der Waals surface area contributed by atoms with Crippen LogP contribution in [0.15, 0.2) is 83.9 Å². The number of aromatic nitrogens is 2. The number of hydrogen-bond acceptors (Lipinski definition) is 4. The lowest BCUT2D eigenvalue weighted by Crippen LogP contribution is -2.23. The lowest BCUT2D eigenvalue weighted by atomic mass is 10.1. The van der Waals surface area contributed by atoms with Crippen molar-refractivity contribution in [1.29, 1.82) is 0 Å². The van der Waals surface area contributed by atoms with Crippen LogP contribution in [-0.4, -0.2) is 22.6 Å². The van der Waals surface area contributed by atoms with Crippen molar-refractivity contribution >= 4 is 16.8 Å². The highest BCUT2D eigenvalue weighted by molar-refractivity contribution is 5.94. The van der Waals surface area contributed by atoms with E-state index in [-0.39, 0.29) is 11.5 Å². The van der Waals surface area contributed by atoms with E-state index in [0.29, 0.717) is 29.6 Å². The van der Waals surface area contributed by atoms with Crippen LogP contribution >= 0.6 is 0 Å². The topological polar surface area (TPSA) is 73.2 Å². The predicted octanol–water partition coefficient (Wildman–Crippen LogP) is 3.38. The van der Waals surface area contributed by atoms with Gasteiger partial charge in [-0.3, -0.25) is 14.2 Å². The Morgan fingerprint density at radius 1 is 1.00 bits per heavy atom. The summed E-state index contributed by atoms with van der Waals surface area (Å²) < 4.78 is 6.88. The van der Waals surface area contributed by atoms with Gasteiger partial charge in [-0.2, -0.15) is 0 Å². The molecule has 0 fully saturated rings. The Hall–Kier alpha value is -3.93. The van der Waals surface area contributed by atoms with Gasteiger partial charge >= 0.3 is 0 Å². The first-order valence-electron chi connectivity index (χ1n) is 9.59. The molecule has 6 nitrogen and oxygen atoms in total. The highest BCUT2D eigenvalue weighted by Crippen LogP contribution is 2.17. The summed E-state index contributed by atoms with van der Waals surface area (Å²) in [4.78, 5) is 29.4. The molecule has 6 heteroatoms.